The number of rotatable bonds is 3. The van der Waals surface area contributed by atoms with Crippen molar-refractivity contribution in [2.75, 3.05) is 6.61 Å². The minimum Gasteiger partial charge on any atom is -0.377 e. The summed E-state index contributed by atoms with van der Waals surface area (Å²) < 4.78 is 6.15. The molecule has 1 saturated carbocycles. The molecule has 0 aromatic heterocycles. The monoisotopic (exact) mass is 262 g/mol. The second-order valence-corrected chi connectivity index (χ2v) is 7.12. The molecule has 18 heavy (non-hydrogen) atoms. The molecule has 2 aliphatic rings. The van der Waals surface area contributed by atoms with Crippen LogP contribution in [0, 0.1) is 5.92 Å². The van der Waals surface area contributed by atoms with Crippen LogP contribution in [0.4, 0.5) is 0 Å². The van der Waals surface area contributed by atoms with Crippen molar-refractivity contribution in [1.82, 2.24) is 0 Å². The summed E-state index contributed by atoms with van der Waals surface area (Å²) in [6.45, 7) is 3.28. The first kappa shape index (κ1) is 12.6. The van der Waals surface area contributed by atoms with Gasteiger partial charge in [-0.1, -0.05) is 38.0 Å². The summed E-state index contributed by atoms with van der Waals surface area (Å²) in [5.74, 6) is 0.858. The quantitative estimate of drug-likeness (QED) is 0.803. The molecule has 0 saturated heterocycles. The van der Waals surface area contributed by atoms with Gasteiger partial charge in [-0.25, -0.2) is 0 Å². The van der Waals surface area contributed by atoms with Crippen LogP contribution in [-0.2, 0) is 11.2 Å². The van der Waals surface area contributed by atoms with Crippen molar-refractivity contribution in [3.05, 3.63) is 29.8 Å². The fourth-order valence-corrected chi connectivity index (χ4v) is 4.35. The van der Waals surface area contributed by atoms with Gasteiger partial charge in [-0.15, -0.1) is 11.8 Å². The molecular weight excluding hydrogens is 240 g/mol. The van der Waals surface area contributed by atoms with Crippen LogP contribution >= 0.6 is 11.8 Å². The van der Waals surface area contributed by atoms with E-state index in [2.05, 4.69) is 31.2 Å². The Morgan fingerprint density at radius 2 is 2.17 bits per heavy atom. The zero-order valence-electron chi connectivity index (χ0n) is 11.1. The molecule has 0 radical (unpaired) electrons. The van der Waals surface area contributed by atoms with Crippen molar-refractivity contribution in [3.8, 4) is 0 Å². The number of hydrogen-bond acceptors (Lipinski definition) is 2. The minimum atomic E-state index is 0.526. The summed E-state index contributed by atoms with van der Waals surface area (Å²) in [7, 11) is 0. The molecule has 1 aliphatic carbocycles. The Kier molecular flexibility index (Phi) is 3.95. The van der Waals surface area contributed by atoms with Crippen LogP contribution in [0.3, 0.4) is 0 Å². The number of thioether (sulfide) groups is 1. The predicted molar refractivity (Wildman–Crippen MR) is 77.2 cm³/mol. The highest BCUT2D eigenvalue weighted by atomic mass is 32.2. The lowest BCUT2D eigenvalue weighted by Gasteiger charge is -2.27. The largest absolute Gasteiger partial charge is 0.377 e. The van der Waals surface area contributed by atoms with E-state index < -0.39 is 0 Å². The molecule has 1 heterocycles. The van der Waals surface area contributed by atoms with E-state index in [-0.39, 0.29) is 0 Å². The molecule has 1 aromatic rings. The van der Waals surface area contributed by atoms with E-state index in [4.69, 9.17) is 4.74 Å². The van der Waals surface area contributed by atoms with Crippen molar-refractivity contribution >= 4 is 11.8 Å². The van der Waals surface area contributed by atoms with E-state index in [9.17, 15) is 0 Å². The second-order valence-electron chi connectivity index (χ2n) is 5.78. The molecule has 3 atom stereocenters. The van der Waals surface area contributed by atoms with Gasteiger partial charge in [0.15, 0.2) is 0 Å². The summed E-state index contributed by atoms with van der Waals surface area (Å²) in [5.41, 5.74) is 1.51. The topological polar surface area (TPSA) is 9.23 Å². The van der Waals surface area contributed by atoms with Gasteiger partial charge < -0.3 is 4.74 Å². The standard InChI is InChI=1S/C16H22OS/c1-12-5-4-7-14(9-12)17-11-15-10-13-6-2-3-8-16(13)18-15/h2-3,6,8,12,14-15H,4-5,7,9-11H2,1H3. The fraction of sp³-hybridized carbons (Fsp3) is 0.625. The minimum absolute atomic E-state index is 0.526. The Balaban J connectivity index is 1.48. The first-order chi connectivity index (χ1) is 8.81. The highest BCUT2D eigenvalue weighted by molar-refractivity contribution is 8.00. The van der Waals surface area contributed by atoms with Gasteiger partial charge in [0.1, 0.15) is 0 Å². The van der Waals surface area contributed by atoms with Crippen LogP contribution in [0.5, 0.6) is 0 Å². The van der Waals surface area contributed by atoms with Gasteiger partial charge in [-0.2, -0.15) is 0 Å². The molecule has 1 aliphatic heterocycles. The normalized spacial score (nSPS) is 31.3. The summed E-state index contributed by atoms with van der Waals surface area (Å²) >= 11 is 2.00. The summed E-state index contributed by atoms with van der Waals surface area (Å²) in [6.07, 6.45) is 6.99. The SMILES string of the molecule is CC1CCCC(OCC2Cc3ccccc3S2)C1. The van der Waals surface area contributed by atoms with Gasteiger partial charge in [0.2, 0.25) is 0 Å². The van der Waals surface area contributed by atoms with Crippen LogP contribution in [0.15, 0.2) is 29.2 Å². The third-order valence-corrected chi connectivity index (χ3v) is 5.41. The Morgan fingerprint density at radius 3 is 3.00 bits per heavy atom. The molecule has 1 nitrogen and oxygen atoms in total. The third-order valence-electron chi connectivity index (χ3n) is 4.12. The molecule has 0 N–H and O–H groups in total. The third kappa shape index (κ3) is 2.92. The number of benzene rings is 1. The molecule has 1 aromatic carbocycles. The smallest absolute Gasteiger partial charge is 0.0595 e. The lowest BCUT2D eigenvalue weighted by Crippen LogP contribution is -2.25. The first-order valence-electron chi connectivity index (χ1n) is 7.17. The molecule has 98 valence electrons. The fourth-order valence-electron chi connectivity index (χ4n) is 3.12. The molecule has 0 amide bonds. The Labute approximate surface area is 114 Å². The summed E-state index contributed by atoms with van der Waals surface area (Å²) in [6, 6.07) is 8.77. The van der Waals surface area contributed by atoms with Crippen molar-refractivity contribution in [1.29, 1.82) is 0 Å². The Bertz CT molecular complexity index is 379. The highest BCUT2D eigenvalue weighted by Gasteiger charge is 2.25. The number of fused-ring (bicyclic) bond motifs is 1. The van der Waals surface area contributed by atoms with E-state index in [0.717, 1.165) is 12.5 Å². The van der Waals surface area contributed by atoms with Gasteiger partial charge >= 0.3 is 0 Å². The van der Waals surface area contributed by atoms with Crippen LogP contribution in [-0.4, -0.2) is 18.0 Å². The molecular formula is C16H22OS. The maximum atomic E-state index is 6.15. The van der Waals surface area contributed by atoms with Crippen LogP contribution < -0.4 is 0 Å². The Hall–Kier alpha value is -0.470. The average Bonchev–Trinajstić information content (AvgIpc) is 2.79. The number of ether oxygens (including phenoxy) is 1. The van der Waals surface area contributed by atoms with E-state index in [0.29, 0.717) is 11.4 Å². The molecule has 0 spiro atoms. The van der Waals surface area contributed by atoms with Gasteiger partial charge in [0, 0.05) is 10.1 Å². The van der Waals surface area contributed by atoms with E-state index in [1.807, 2.05) is 11.8 Å². The number of hydrogen-bond donors (Lipinski definition) is 0. The highest BCUT2D eigenvalue weighted by Crippen LogP contribution is 2.37. The molecule has 3 rings (SSSR count). The van der Waals surface area contributed by atoms with E-state index in [1.165, 1.54) is 42.6 Å². The Morgan fingerprint density at radius 1 is 1.28 bits per heavy atom. The first-order valence-corrected chi connectivity index (χ1v) is 8.05. The summed E-state index contributed by atoms with van der Waals surface area (Å²) in [4.78, 5) is 1.46. The van der Waals surface area contributed by atoms with Crippen LogP contribution in [0.1, 0.15) is 38.2 Å². The molecule has 2 heteroatoms. The van der Waals surface area contributed by atoms with Crippen molar-refractivity contribution in [2.24, 2.45) is 5.92 Å². The van der Waals surface area contributed by atoms with Crippen molar-refractivity contribution in [2.45, 2.75) is 55.3 Å². The lowest BCUT2D eigenvalue weighted by atomic mass is 9.89. The lowest BCUT2D eigenvalue weighted by molar-refractivity contribution is 0.0168. The van der Waals surface area contributed by atoms with E-state index in [1.54, 1.807) is 0 Å². The zero-order valence-corrected chi connectivity index (χ0v) is 11.9. The van der Waals surface area contributed by atoms with Gasteiger partial charge in [0.05, 0.1) is 12.7 Å². The van der Waals surface area contributed by atoms with Crippen LogP contribution in [0.2, 0.25) is 0 Å². The van der Waals surface area contributed by atoms with Gasteiger partial charge in [-0.3, -0.25) is 0 Å². The van der Waals surface area contributed by atoms with Crippen LogP contribution in [0.25, 0.3) is 0 Å². The summed E-state index contributed by atoms with van der Waals surface area (Å²) in [5, 5.41) is 0.639. The molecule has 3 unspecified atom stereocenters. The van der Waals surface area contributed by atoms with Crippen molar-refractivity contribution in [3.63, 3.8) is 0 Å². The molecule has 0 bridgehead atoms. The zero-order chi connectivity index (χ0) is 12.4. The van der Waals surface area contributed by atoms with E-state index >= 15 is 0 Å². The maximum absolute atomic E-state index is 6.15. The maximum Gasteiger partial charge on any atom is 0.0595 e. The van der Waals surface area contributed by atoms with Gasteiger partial charge in [-0.05, 0) is 36.8 Å². The second kappa shape index (κ2) is 5.66. The molecule has 1 fully saturated rings. The predicted octanol–water partition coefficient (Wildman–Crippen LogP) is 4.30. The van der Waals surface area contributed by atoms with Crippen molar-refractivity contribution < 1.29 is 4.74 Å². The average molecular weight is 262 g/mol. The van der Waals surface area contributed by atoms with Gasteiger partial charge in [0.25, 0.3) is 0 Å².